The summed E-state index contributed by atoms with van der Waals surface area (Å²) in [5.41, 5.74) is 5.94. The maximum absolute atomic E-state index is 11.4. The molecule has 0 aliphatic carbocycles. The zero-order valence-electron chi connectivity index (χ0n) is 10.1. The average Bonchev–Trinajstić information content (AvgIpc) is 2.44. The Kier molecular flexibility index (Phi) is 1.88. The van der Waals surface area contributed by atoms with E-state index >= 15 is 0 Å². The minimum absolute atomic E-state index is 0.392. The van der Waals surface area contributed by atoms with E-state index in [9.17, 15) is 4.79 Å². The molecule has 0 aliphatic heterocycles. The molecule has 2 N–H and O–H groups in total. The van der Waals surface area contributed by atoms with Crippen molar-refractivity contribution < 1.29 is 4.79 Å². The Morgan fingerprint density at radius 2 is 1.58 bits per heavy atom. The predicted octanol–water partition coefficient (Wildman–Crippen LogP) is 3.48. The van der Waals surface area contributed by atoms with Gasteiger partial charge in [-0.15, -0.1) is 0 Å². The van der Waals surface area contributed by atoms with Gasteiger partial charge >= 0.3 is 0 Å². The number of amides is 1. The van der Waals surface area contributed by atoms with Crippen molar-refractivity contribution in [2.24, 2.45) is 5.73 Å². The Labute approximate surface area is 109 Å². The summed E-state index contributed by atoms with van der Waals surface area (Å²) in [6, 6.07) is 19.1. The van der Waals surface area contributed by atoms with E-state index in [0.29, 0.717) is 5.56 Å². The number of hydrogen-bond acceptors (Lipinski definition) is 1. The van der Waals surface area contributed by atoms with E-state index < -0.39 is 5.91 Å². The van der Waals surface area contributed by atoms with Crippen LogP contribution in [-0.4, -0.2) is 5.91 Å². The van der Waals surface area contributed by atoms with Crippen molar-refractivity contribution in [1.29, 1.82) is 0 Å². The van der Waals surface area contributed by atoms with Crippen molar-refractivity contribution in [3.8, 4) is 0 Å². The Morgan fingerprint density at radius 1 is 0.895 bits per heavy atom. The third-order valence-electron chi connectivity index (χ3n) is 3.67. The van der Waals surface area contributed by atoms with Gasteiger partial charge in [0.05, 0.1) is 0 Å². The highest BCUT2D eigenvalue weighted by atomic mass is 16.1. The number of primary amides is 1. The molecule has 0 saturated carbocycles. The zero-order chi connectivity index (χ0) is 13.0. The summed E-state index contributed by atoms with van der Waals surface area (Å²) in [4.78, 5) is 11.4. The molecule has 0 aliphatic rings. The van der Waals surface area contributed by atoms with E-state index in [1.54, 1.807) is 0 Å². The first-order chi connectivity index (χ1) is 9.24. The van der Waals surface area contributed by atoms with Gasteiger partial charge in [0, 0.05) is 5.56 Å². The van der Waals surface area contributed by atoms with Gasteiger partial charge in [0.25, 0.3) is 0 Å². The van der Waals surface area contributed by atoms with Crippen LogP contribution >= 0.6 is 0 Å². The molecule has 4 rings (SSSR count). The maximum atomic E-state index is 11.4. The summed E-state index contributed by atoms with van der Waals surface area (Å²) in [5, 5.41) is 6.76. The number of hydrogen-bond donors (Lipinski definition) is 1. The zero-order valence-corrected chi connectivity index (χ0v) is 10.1. The number of nitrogens with two attached hydrogens (primary N) is 1. The highest BCUT2D eigenvalue weighted by Crippen LogP contribution is 2.34. The second-order valence-electron chi connectivity index (χ2n) is 4.78. The molecule has 19 heavy (non-hydrogen) atoms. The van der Waals surface area contributed by atoms with Crippen LogP contribution in [0.4, 0.5) is 0 Å². The normalized spacial score (nSPS) is 11.6. The van der Waals surface area contributed by atoms with Crippen molar-refractivity contribution in [2.75, 3.05) is 0 Å². The van der Waals surface area contributed by atoms with Crippen LogP contribution in [0.2, 0.25) is 0 Å². The van der Waals surface area contributed by atoms with Crippen molar-refractivity contribution in [3.05, 3.63) is 60.2 Å². The summed E-state index contributed by atoms with van der Waals surface area (Å²) in [6.07, 6.45) is 0. The highest BCUT2D eigenvalue weighted by molar-refractivity contribution is 6.23. The molecule has 0 fully saturated rings. The van der Waals surface area contributed by atoms with Gasteiger partial charge in [0.15, 0.2) is 0 Å². The molecular weight excluding hydrogens is 234 g/mol. The van der Waals surface area contributed by atoms with Crippen molar-refractivity contribution >= 4 is 38.2 Å². The summed E-state index contributed by atoms with van der Waals surface area (Å²) < 4.78 is 0. The van der Waals surface area contributed by atoms with Crippen molar-refractivity contribution in [1.82, 2.24) is 0 Å². The third kappa shape index (κ3) is 1.34. The lowest BCUT2D eigenvalue weighted by Gasteiger charge is -2.11. The summed E-state index contributed by atoms with van der Waals surface area (Å²) in [5.74, 6) is -0.392. The van der Waals surface area contributed by atoms with Gasteiger partial charge in [-0.1, -0.05) is 36.4 Å². The standard InChI is InChI=1S/C17H10NO/c18-17(19)14-8-12-6-4-10-2-1-3-11-5-7-13(9-14)16(12)15(10)11/h1-2,4-9H,(H2,18,19). The number of rotatable bonds is 1. The second kappa shape index (κ2) is 3.45. The van der Waals surface area contributed by atoms with Crippen LogP contribution < -0.4 is 5.73 Å². The van der Waals surface area contributed by atoms with Crippen LogP contribution in [0.1, 0.15) is 10.4 Å². The largest absolute Gasteiger partial charge is 0.366 e. The van der Waals surface area contributed by atoms with Gasteiger partial charge in [0.2, 0.25) is 5.91 Å². The summed E-state index contributed by atoms with van der Waals surface area (Å²) >= 11 is 0. The first-order valence-electron chi connectivity index (χ1n) is 6.13. The van der Waals surface area contributed by atoms with E-state index in [2.05, 4.69) is 18.2 Å². The van der Waals surface area contributed by atoms with Crippen LogP contribution in [0.5, 0.6) is 0 Å². The van der Waals surface area contributed by atoms with Gasteiger partial charge in [-0.05, 0) is 50.5 Å². The molecule has 1 radical (unpaired) electrons. The van der Waals surface area contributed by atoms with Gasteiger partial charge in [0.1, 0.15) is 0 Å². The Bertz CT molecular complexity index is 876. The molecule has 4 aromatic rings. The molecule has 2 heteroatoms. The SMILES string of the molecule is NC(=O)c1cc2ccc3[c]ccc4ccc(c1)c2c34. The van der Waals surface area contributed by atoms with Crippen LogP contribution in [0.3, 0.4) is 0 Å². The lowest BCUT2D eigenvalue weighted by molar-refractivity contribution is 0.100. The molecule has 0 aromatic heterocycles. The topological polar surface area (TPSA) is 43.1 Å². The molecule has 4 aromatic carbocycles. The van der Waals surface area contributed by atoms with E-state index in [0.717, 1.165) is 16.2 Å². The van der Waals surface area contributed by atoms with E-state index in [1.807, 2.05) is 36.4 Å². The lowest BCUT2D eigenvalue weighted by Crippen LogP contribution is -2.10. The molecule has 89 valence electrons. The molecule has 1 amide bonds. The van der Waals surface area contributed by atoms with Gasteiger partial charge < -0.3 is 5.73 Å². The first kappa shape index (κ1) is 10.3. The van der Waals surface area contributed by atoms with Crippen LogP contribution in [-0.2, 0) is 0 Å². The second-order valence-corrected chi connectivity index (χ2v) is 4.78. The molecule has 2 nitrogen and oxygen atoms in total. The van der Waals surface area contributed by atoms with E-state index in [4.69, 9.17) is 5.73 Å². The molecule has 0 unspecified atom stereocenters. The molecule has 0 saturated heterocycles. The maximum Gasteiger partial charge on any atom is 0.248 e. The van der Waals surface area contributed by atoms with Crippen LogP contribution in [0.25, 0.3) is 32.3 Å². The molecule has 0 atom stereocenters. The lowest BCUT2D eigenvalue weighted by atomic mass is 9.93. The minimum atomic E-state index is -0.392. The average molecular weight is 244 g/mol. The van der Waals surface area contributed by atoms with Crippen LogP contribution in [0.15, 0.2) is 48.5 Å². The van der Waals surface area contributed by atoms with Crippen LogP contribution in [0, 0.1) is 6.07 Å². The fourth-order valence-electron chi connectivity index (χ4n) is 2.82. The Morgan fingerprint density at radius 3 is 2.32 bits per heavy atom. The molecule has 0 bridgehead atoms. The fraction of sp³-hybridized carbons (Fsp3) is 0. The predicted molar refractivity (Wildman–Crippen MR) is 77.5 cm³/mol. The smallest absolute Gasteiger partial charge is 0.248 e. The molecule has 0 heterocycles. The monoisotopic (exact) mass is 244 g/mol. The fourth-order valence-corrected chi connectivity index (χ4v) is 2.82. The van der Waals surface area contributed by atoms with Gasteiger partial charge in [-0.2, -0.15) is 0 Å². The first-order valence-corrected chi connectivity index (χ1v) is 6.13. The minimum Gasteiger partial charge on any atom is -0.366 e. The van der Waals surface area contributed by atoms with Crippen molar-refractivity contribution in [2.45, 2.75) is 0 Å². The molecule has 0 spiro atoms. The molecular formula is C17H10NO. The van der Waals surface area contributed by atoms with Crippen molar-refractivity contribution in [3.63, 3.8) is 0 Å². The van der Waals surface area contributed by atoms with Gasteiger partial charge in [-0.3, -0.25) is 4.79 Å². The quantitative estimate of drug-likeness (QED) is 0.512. The Hall–Kier alpha value is -2.61. The van der Waals surface area contributed by atoms with E-state index in [1.165, 1.54) is 16.2 Å². The third-order valence-corrected chi connectivity index (χ3v) is 3.67. The van der Waals surface area contributed by atoms with Gasteiger partial charge in [-0.25, -0.2) is 0 Å². The van der Waals surface area contributed by atoms with E-state index in [-0.39, 0.29) is 0 Å². The Balaban J connectivity index is 2.32. The number of carbonyl (C=O) groups is 1. The highest BCUT2D eigenvalue weighted by Gasteiger charge is 2.10. The number of carbonyl (C=O) groups excluding carboxylic acids is 1. The summed E-state index contributed by atoms with van der Waals surface area (Å²) in [6.45, 7) is 0. The summed E-state index contributed by atoms with van der Waals surface area (Å²) in [7, 11) is 0. The number of benzene rings is 4.